The molecular weight excluding hydrogens is 353 g/mol. The fourth-order valence-corrected chi connectivity index (χ4v) is 3.55. The summed E-state index contributed by atoms with van der Waals surface area (Å²) in [5.74, 6) is -0.994. The molecule has 0 unspecified atom stereocenters. The van der Waals surface area contributed by atoms with Crippen LogP contribution in [-0.4, -0.2) is 17.1 Å². The van der Waals surface area contributed by atoms with Gasteiger partial charge in [0.1, 0.15) is 0 Å². The molecule has 2 aromatic rings. The van der Waals surface area contributed by atoms with Crippen LogP contribution in [0, 0.1) is 0 Å². The Morgan fingerprint density at radius 2 is 1.80 bits per heavy atom. The standard InChI is InChI=1S/C17H13F3N2O2S/c18-17(19,20)10-5-1-2-6-11(10)21-15(23)9-14-16(24)22-12-7-3-4-8-13(12)25-14/h1-8,14H,9H2,(H,21,23)(H,22,24)/t14-/m0/s1. The molecule has 25 heavy (non-hydrogen) atoms. The van der Waals surface area contributed by atoms with Crippen LogP contribution in [-0.2, 0) is 15.8 Å². The van der Waals surface area contributed by atoms with Gasteiger partial charge in [-0.25, -0.2) is 0 Å². The van der Waals surface area contributed by atoms with Crippen molar-refractivity contribution in [1.82, 2.24) is 0 Å². The minimum Gasteiger partial charge on any atom is -0.325 e. The summed E-state index contributed by atoms with van der Waals surface area (Å²) in [5, 5.41) is 4.25. The number of hydrogen-bond acceptors (Lipinski definition) is 3. The second kappa shape index (κ2) is 6.79. The first-order valence-electron chi connectivity index (χ1n) is 7.37. The van der Waals surface area contributed by atoms with Crippen LogP contribution in [0.4, 0.5) is 24.5 Å². The molecule has 2 N–H and O–H groups in total. The second-order valence-corrected chi connectivity index (χ2v) is 6.63. The Balaban J connectivity index is 1.71. The highest BCUT2D eigenvalue weighted by molar-refractivity contribution is 8.01. The summed E-state index contributed by atoms with van der Waals surface area (Å²) in [6, 6.07) is 11.9. The number of alkyl halides is 3. The molecule has 2 aromatic carbocycles. The van der Waals surface area contributed by atoms with E-state index in [-0.39, 0.29) is 18.0 Å². The number of anilines is 2. The highest BCUT2D eigenvalue weighted by Crippen LogP contribution is 2.37. The van der Waals surface area contributed by atoms with Crippen molar-refractivity contribution in [3.63, 3.8) is 0 Å². The maximum absolute atomic E-state index is 13.0. The van der Waals surface area contributed by atoms with Crippen molar-refractivity contribution < 1.29 is 22.8 Å². The van der Waals surface area contributed by atoms with E-state index >= 15 is 0 Å². The van der Waals surface area contributed by atoms with E-state index in [1.807, 2.05) is 6.07 Å². The van der Waals surface area contributed by atoms with Gasteiger partial charge in [-0.1, -0.05) is 24.3 Å². The highest BCUT2D eigenvalue weighted by atomic mass is 32.2. The molecule has 3 rings (SSSR count). The van der Waals surface area contributed by atoms with E-state index in [0.717, 1.165) is 11.0 Å². The van der Waals surface area contributed by atoms with E-state index in [9.17, 15) is 22.8 Å². The number of carbonyl (C=O) groups is 2. The van der Waals surface area contributed by atoms with Crippen molar-refractivity contribution in [2.75, 3.05) is 10.6 Å². The molecule has 1 aliphatic rings. The van der Waals surface area contributed by atoms with Crippen LogP contribution < -0.4 is 10.6 Å². The van der Waals surface area contributed by atoms with Crippen LogP contribution in [0.1, 0.15) is 12.0 Å². The lowest BCUT2D eigenvalue weighted by atomic mass is 10.1. The van der Waals surface area contributed by atoms with Crippen molar-refractivity contribution in [2.45, 2.75) is 22.7 Å². The van der Waals surface area contributed by atoms with Gasteiger partial charge in [-0.15, -0.1) is 11.8 Å². The van der Waals surface area contributed by atoms with Crippen molar-refractivity contribution in [3.8, 4) is 0 Å². The smallest absolute Gasteiger partial charge is 0.325 e. The summed E-state index contributed by atoms with van der Waals surface area (Å²) < 4.78 is 38.9. The van der Waals surface area contributed by atoms with Crippen LogP contribution in [0.25, 0.3) is 0 Å². The molecule has 0 spiro atoms. The normalized spacial score (nSPS) is 16.8. The number of rotatable bonds is 3. The Labute approximate surface area is 145 Å². The maximum atomic E-state index is 13.0. The molecule has 0 fully saturated rings. The zero-order valence-corrected chi connectivity index (χ0v) is 13.6. The Morgan fingerprint density at radius 3 is 2.56 bits per heavy atom. The average molecular weight is 366 g/mol. The molecule has 8 heteroatoms. The van der Waals surface area contributed by atoms with E-state index in [1.165, 1.54) is 30.0 Å². The number of nitrogens with one attached hydrogen (secondary N) is 2. The van der Waals surface area contributed by atoms with Crippen LogP contribution in [0.3, 0.4) is 0 Å². The Kier molecular flexibility index (Phi) is 4.71. The number of para-hydroxylation sites is 2. The van der Waals surface area contributed by atoms with Gasteiger partial charge in [0.25, 0.3) is 0 Å². The molecule has 0 saturated heterocycles. The third kappa shape index (κ3) is 3.96. The predicted octanol–water partition coefficient (Wildman–Crippen LogP) is 4.15. The fourth-order valence-electron chi connectivity index (χ4n) is 2.44. The first kappa shape index (κ1) is 17.3. The molecule has 130 valence electrons. The first-order chi connectivity index (χ1) is 11.8. The summed E-state index contributed by atoms with van der Waals surface area (Å²) >= 11 is 1.22. The van der Waals surface area contributed by atoms with Gasteiger partial charge in [-0.2, -0.15) is 13.2 Å². The molecule has 4 nitrogen and oxygen atoms in total. The summed E-state index contributed by atoms with van der Waals surface area (Å²) in [4.78, 5) is 25.0. The van der Waals surface area contributed by atoms with E-state index in [0.29, 0.717) is 5.69 Å². The Hall–Kier alpha value is -2.48. The summed E-state index contributed by atoms with van der Waals surface area (Å²) in [5.41, 5.74) is -0.576. The third-order valence-corrected chi connectivity index (χ3v) is 4.86. The van der Waals surface area contributed by atoms with Crippen LogP contribution in [0.5, 0.6) is 0 Å². The monoisotopic (exact) mass is 366 g/mol. The van der Waals surface area contributed by atoms with Gasteiger partial charge in [0.15, 0.2) is 0 Å². The molecule has 0 aliphatic carbocycles. The SMILES string of the molecule is O=C(C[C@@H]1Sc2ccccc2NC1=O)Nc1ccccc1C(F)(F)F. The van der Waals surface area contributed by atoms with Crippen molar-refractivity contribution in [3.05, 3.63) is 54.1 Å². The van der Waals surface area contributed by atoms with Crippen LogP contribution >= 0.6 is 11.8 Å². The van der Waals surface area contributed by atoms with Gasteiger partial charge in [0.2, 0.25) is 11.8 Å². The summed E-state index contributed by atoms with van der Waals surface area (Å²) in [6.07, 6.45) is -4.79. The topological polar surface area (TPSA) is 58.2 Å². The number of carbonyl (C=O) groups excluding carboxylic acids is 2. The lowest BCUT2D eigenvalue weighted by Gasteiger charge is -2.23. The number of benzene rings is 2. The molecule has 1 atom stereocenters. The Bertz CT molecular complexity index is 824. The number of thioether (sulfide) groups is 1. The van der Waals surface area contributed by atoms with Crippen molar-refractivity contribution in [1.29, 1.82) is 0 Å². The molecule has 0 bridgehead atoms. The molecule has 0 radical (unpaired) electrons. The number of fused-ring (bicyclic) bond motifs is 1. The zero-order chi connectivity index (χ0) is 18.0. The van der Waals surface area contributed by atoms with Gasteiger partial charge in [-0.3, -0.25) is 9.59 Å². The lowest BCUT2D eigenvalue weighted by Crippen LogP contribution is -2.32. The van der Waals surface area contributed by atoms with Crippen molar-refractivity contribution in [2.24, 2.45) is 0 Å². The van der Waals surface area contributed by atoms with Crippen LogP contribution in [0.15, 0.2) is 53.4 Å². The maximum Gasteiger partial charge on any atom is 0.418 e. The minimum atomic E-state index is -4.57. The van der Waals surface area contributed by atoms with Gasteiger partial charge < -0.3 is 10.6 Å². The largest absolute Gasteiger partial charge is 0.418 e. The molecule has 1 heterocycles. The van der Waals surface area contributed by atoms with Crippen LogP contribution in [0.2, 0.25) is 0 Å². The molecule has 1 aliphatic heterocycles. The van der Waals surface area contributed by atoms with Gasteiger partial charge in [0, 0.05) is 11.3 Å². The second-order valence-electron chi connectivity index (χ2n) is 5.39. The van der Waals surface area contributed by atoms with E-state index in [2.05, 4.69) is 10.6 Å². The number of hydrogen-bond donors (Lipinski definition) is 2. The van der Waals surface area contributed by atoms with Gasteiger partial charge in [-0.05, 0) is 24.3 Å². The molecule has 0 saturated carbocycles. The number of halogens is 3. The van der Waals surface area contributed by atoms with Gasteiger partial charge in [0.05, 0.1) is 22.2 Å². The summed E-state index contributed by atoms with van der Waals surface area (Å²) in [6.45, 7) is 0. The first-order valence-corrected chi connectivity index (χ1v) is 8.25. The quantitative estimate of drug-likeness (QED) is 0.858. The minimum absolute atomic E-state index is 0.225. The Morgan fingerprint density at radius 1 is 1.12 bits per heavy atom. The molecule has 2 amide bonds. The third-order valence-electron chi connectivity index (χ3n) is 3.58. The number of amides is 2. The van der Waals surface area contributed by atoms with E-state index in [4.69, 9.17) is 0 Å². The predicted molar refractivity (Wildman–Crippen MR) is 89.4 cm³/mol. The van der Waals surface area contributed by atoms with Crippen molar-refractivity contribution >= 4 is 35.0 Å². The average Bonchev–Trinajstić information content (AvgIpc) is 2.55. The molecular formula is C17H13F3N2O2S. The highest BCUT2D eigenvalue weighted by Gasteiger charge is 2.34. The fraction of sp³-hybridized carbons (Fsp3) is 0.176. The summed E-state index contributed by atoms with van der Waals surface area (Å²) in [7, 11) is 0. The lowest BCUT2D eigenvalue weighted by molar-refractivity contribution is -0.137. The van der Waals surface area contributed by atoms with E-state index < -0.39 is 22.9 Å². The van der Waals surface area contributed by atoms with E-state index in [1.54, 1.807) is 18.2 Å². The molecule has 0 aromatic heterocycles. The zero-order valence-electron chi connectivity index (χ0n) is 12.8. The van der Waals surface area contributed by atoms with Gasteiger partial charge >= 0.3 is 6.18 Å².